The molecule has 2 N–H and O–H groups in total. The molecular formula is C25H48O4. The molecule has 0 unspecified atom stereocenters. The standard InChI is InChI=1S/C25H48O4/c1-3-5-6-7-8-9-10-11-12-13-14-15-16-17-18-19-24(28)29-21-20-25(4-2,22-26)23-27/h11-12,26-27H,3-10,13-23H2,1-2H3/b12-11-. The number of hydrogen-bond donors (Lipinski definition) is 2. The monoisotopic (exact) mass is 412 g/mol. The zero-order valence-corrected chi connectivity index (χ0v) is 19.3. The zero-order valence-electron chi connectivity index (χ0n) is 19.3. The number of ether oxygens (including phenoxy) is 1. The Morgan fingerprint density at radius 2 is 1.31 bits per heavy atom. The molecule has 4 nitrogen and oxygen atoms in total. The first kappa shape index (κ1) is 28.1. The number of aliphatic hydroxyl groups is 2. The molecule has 4 heteroatoms. The number of unbranched alkanes of at least 4 members (excludes halogenated alkanes) is 11. The van der Waals surface area contributed by atoms with E-state index >= 15 is 0 Å². The Morgan fingerprint density at radius 1 is 0.793 bits per heavy atom. The van der Waals surface area contributed by atoms with E-state index in [9.17, 15) is 15.0 Å². The third-order valence-electron chi connectivity index (χ3n) is 5.96. The predicted molar refractivity (Wildman–Crippen MR) is 122 cm³/mol. The molecule has 0 saturated carbocycles. The minimum Gasteiger partial charge on any atom is -0.466 e. The number of aliphatic hydroxyl groups excluding tert-OH is 2. The first-order valence-electron chi connectivity index (χ1n) is 12.2. The van der Waals surface area contributed by atoms with Gasteiger partial charge in [0.25, 0.3) is 0 Å². The van der Waals surface area contributed by atoms with Crippen LogP contribution in [0.1, 0.15) is 117 Å². The van der Waals surface area contributed by atoms with Crippen molar-refractivity contribution in [3.63, 3.8) is 0 Å². The number of rotatable bonds is 21. The molecule has 0 saturated heterocycles. The number of hydrogen-bond acceptors (Lipinski definition) is 4. The maximum Gasteiger partial charge on any atom is 0.305 e. The number of carbonyl (C=O) groups is 1. The van der Waals surface area contributed by atoms with Crippen molar-refractivity contribution in [3.05, 3.63) is 12.2 Å². The molecule has 0 spiro atoms. The summed E-state index contributed by atoms with van der Waals surface area (Å²) < 4.78 is 5.25. The molecule has 0 fully saturated rings. The fraction of sp³-hybridized carbons (Fsp3) is 0.880. The van der Waals surface area contributed by atoms with Gasteiger partial charge < -0.3 is 14.9 Å². The van der Waals surface area contributed by atoms with Gasteiger partial charge in [-0.25, -0.2) is 0 Å². The molecule has 29 heavy (non-hydrogen) atoms. The predicted octanol–water partition coefficient (Wildman–Crippen LogP) is 6.34. The third-order valence-corrected chi connectivity index (χ3v) is 5.96. The average Bonchev–Trinajstić information content (AvgIpc) is 2.74. The van der Waals surface area contributed by atoms with Crippen molar-refractivity contribution in [3.8, 4) is 0 Å². The lowest BCUT2D eigenvalue weighted by atomic mass is 9.84. The van der Waals surface area contributed by atoms with E-state index < -0.39 is 5.41 Å². The van der Waals surface area contributed by atoms with Crippen LogP contribution in [0.4, 0.5) is 0 Å². The Hall–Kier alpha value is -0.870. The average molecular weight is 413 g/mol. The Balaban J connectivity index is 3.43. The van der Waals surface area contributed by atoms with Gasteiger partial charge in [-0.1, -0.05) is 77.4 Å². The van der Waals surface area contributed by atoms with Crippen LogP contribution in [-0.4, -0.2) is 36.0 Å². The highest BCUT2D eigenvalue weighted by Gasteiger charge is 2.26. The van der Waals surface area contributed by atoms with Crippen molar-refractivity contribution in [2.24, 2.45) is 5.41 Å². The third kappa shape index (κ3) is 16.6. The lowest BCUT2D eigenvalue weighted by Crippen LogP contribution is -2.31. The fourth-order valence-electron chi connectivity index (χ4n) is 3.40. The van der Waals surface area contributed by atoms with Gasteiger partial charge in [-0.05, 0) is 44.9 Å². The van der Waals surface area contributed by atoms with Crippen LogP contribution in [0.3, 0.4) is 0 Å². The lowest BCUT2D eigenvalue weighted by molar-refractivity contribution is -0.145. The minimum atomic E-state index is -0.524. The van der Waals surface area contributed by atoms with Crippen molar-refractivity contribution in [2.45, 2.75) is 117 Å². The maximum atomic E-state index is 11.8. The van der Waals surface area contributed by atoms with Crippen molar-refractivity contribution in [1.29, 1.82) is 0 Å². The molecular weight excluding hydrogens is 364 g/mol. The van der Waals surface area contributed by atoms with Gasteiger partial charge in [0.1, 0.15) is 0 Å². The second kappa shape index (κ2) is 20.4. The molecule has 0 radical (unpaired) electrons. The molecule has 0 aliphatic carbocycles. The first-order chi connectivity index (χ1) is 14.1. The van der Waals surface area contributed by atoms with Gasteiger partial charge >= 0.3 is 5.97 Å². The topological polar surface area (TPSA) is 66.8 Å². The number of carbonyl (C=O) groups excluding carboxylic acids is 1. The van der Waals surface area contributed by atoms with Crippen molar-refractivity contribution >= 4 is 5.97 Å². The van der Waals surface area contributed by atoms with Crippen LogP contribution >= 0.6 is 0 Å². The summed E-state index contributed by atoms with van der Waals surface area (Å²) in [4.78, 5) is 11.8. The molecule has 0 amide bonds. The maximum absolute atomic E-state index is 11.8. The summed E-state index contributed by atoms with van der Waals surface area (Å²) in [5, 5.41) is 18.8. The molecule has 0 aliphatic rings. The van der Waals surface area contributed by atoms with Crippen LogP contribution in [0.15, 0.2) is 12.2 Å². The van der Waals surface area contributed by atoms with Gasteiger partial charge in [-0.15, -0.1) is 0 Å². The van der Waals surface area contributed by atoms with Crippen LogP contribution in [0.5, 0.6) is 0 Å². The molecule has 0 aliphatic heterocycles. The second-order valence-corrected chi connectivity index (χ2v) is 8.47. The highest BCUT2D eigenvalue weighted by atomic mass is 16.5. The van der Waals surface area contributed by atoms with E-state index in [0.29, 0.717) is 19.3 Å². The van der Waals surface area contributed by atoms with E-state index in [1.165, 1.54) is 70.6 Å². The van der Waals surface area contributed by atoms with E-state index in [-0.39, 0.29) is 25.8 Å². The smallest absolute Gasteiger partial charge is 0.305 e. The SMILES string of the molecule is CCCCCCCC/C=C\CCCCCCCC(=O)OCCC(CC)(CO)CO. The molecule has 0 bridgehead atoms. The van der Waals surface area contributed by atoms with Crippen LogP contribution < -0.4 is 0 Å². The minimum absolute atomic E-state index is 0.0776. The Labute approximate surface area is 180 Å². The van der Waals surface area contributed by atoms with E-state index in [2.05, 4.69) is 19.1 Å². The van der Waals surface area contributed by atoms with E-state index in [1.807, 2.05) is 6.92 Å². The van der Waals surface area contributed by atoms with Gasteiger partial charge in [-0.3, -0.25) is 4.79 Å². The number of allylic oxidation sites excluding steroid dienone is 2. The van der Waals surface area contributed by atoms with Gasteiger partial charge in [0.2, 0.25) is 0 Å². The van der Waals surface area contributed by atoms with Gasteiger partial charge in [-0.2, -0.15) is 0 Å². The summed E-state index contributed by atoms with van der Waals surface area (Å²) in [5.41, 5.74) is -0.524. The summed E-state index contributed by atoms with van der Waals surface area (Å²) in [7, 11) is 0. The summed E-state index contributed by atoms with van der Waals surface area (Å²) in [6.07, 6.45) is 22.5. The van der Waals surface area contributed by atoms with E-state index in [0.717, 1.165) is 12.8 Å². The Morgan fingerprint density at radius 3 is 1.83 bits per heavy atom. The van der Waals surface area contributed by atoms with Gasteiger partial charge in [0, 0.05) is 11.8 Å². The van der Waals surface area contributed by atoms with Gasteiger partial charge in [0.05, 0.1) is 19.8 Å². The van der Waals surface area contributed by atoms with E-state index in [1.54, 1.807) is 0 Å². The normalized spacial score (nSPS) is 12.0. The summed E-state index contributed by atoms with van der Waals surface area (Å²) in [6, 6.07) is 0. The zero-order chi connectivity index (χ0) is 21.6. The van der Waals surface area contributed by atoms with Crippen LogP contribution in [0, 0.1) is 5.41 Å². The molecule has 0 heterocycles. The van der Waals surface area contributed by atoms with Crippen LogP contribution in [0.2, 0.25) is 0 Å². The highest BCUT2D eigenvalue weighted by Crippen LogP contribution is 2.25. The largest absolute Gasteiger partial charge is 0.466 e. The number of esters is 1. The van der Waals surface area contributed by atoms with Crippen LogP contribution in [0.25, 0.3) is 0 Å². The lowest BCUT2D eigenvalue weighted by Gasteiger charge is -2.27. The van der Waals surface area contributed by atoms with Gasteiger partial charge in [0.15, 0.2) is 0 Å². The molecule has 0 atom stereocenters. The summed E-state index contributed by atoms with van der Waals surface area (Å²) in [6.45, 7) is 4.31. The molecule has 0 aromatic carbocycles. The first-order valence-corrected chi connectivity index (χ1v) is 12.2. The van der Waals surface area contributed by atoms with Crippen molar-refractivity contribution in [1.82, 2.24) is 0 Å². The van der Waals surface area contributed by atoms with Crippen LogP contribution in [-0.2, 0) is 9.53 Å². The summed E-state index contributed by atoms with van der Waals surface area (Å²) in [5.74, 6) is -0.163. The highest BCUT2D eigenvalue weighted by molar-refractivity contribution is 5.69. The van der Waals surface area contributed by atoms with Crippen molar-refractivity contribution in [2.75, 3.05) is 19.8 Å². The van der Waals surface area contributed by atoms with Crippen molar-refractivity contribution < 1.29 is 19.7 Å². The molecule has 0 aromatic rings. The molecule has 172 valence electrons. The molecule has 0 aromatic heterocycles. The second-order valence-electron chi connectivity index (χ2n) is 8.47. The Kier molecular flexibility index (Phi) is 19.8. The summed E-state index contributed by atoms with van der Waals surface area (Å²) >= 11 is 0. The fourth-order valence-corrected chi connectivity index (χ4v) is 3.40. The molecule has 0 rings (SSSR count). The Bertz CT molecular complexity index is 380. The van der Waals surface area contributed by atoms with E-state index in [4.69, 9.17) is 4.74 Å². The quantitative estimate of drug-likeness (QED) is 0.131.